The fraction of sp³-hybridized carbons (Fsp3) is 0.314. The van der Waals surface area contributed by atoms with E-state index in [-0.39, 0.29) is 35.2 Å². The minimum absolute atomic E-state index is 0.0222. The van der Waals surface area contributed by atoms with E-state index >= 15 is 0 Å². The van der Waals surface area contributed by atoms with Gasteiger partial charge in [-0.25, -0.2) is 19.3 Å². The molecule has 242 valence electrons. The molecule has 47 heavy (non-hydrogen) atoms. The van der Waals surface area contributed by atoms with Crippen molar-refractivity contribution in [2.75, 3.05) is 24.1 Å². The number of anilines is 2. The van der Waals surface area contributed by atoms with Crippen LogP contribution in [0.1, 0.15) is 68.5 Å². The van der Waals surface area contributed by atoms with Gasteiger partial charge in [-0.3, -0.25) is 19.0 Å². The van der Waals surface area contributed by atoms with Crippen LogP contribution in [-0.4, -0.2) is 53.3 Å². The number of nitrogens with one attached hydrogen (secondary N) is 1. The number of piperidine rings is 1. The number of nitrogen functional groups attached to an aromatic ring is 1. The van der Waals surface area contributed by atoms with Crippen LogP contribution in [-0.2, 0) is 4.79 Å². The Hall–Kier alpha value is -5.52. The highest BCUT2D eigenvalue weighted by Gasteiger charge is 2.28. The highest BCUT2D eigenvalue weighted by atomic mass is 16.2. The summed E-state index contributed by atoms with van der Waals surface area (Å²) in [6, 6.07) is 14.0. The largest absolute Gasteiger partial charge is 0.382 e. The predicted octanol–water partition coefficient (Wildman–Crippen LogP) is 4.49. The van der Waals surface area contributed by atoms with Gasteiger partial charge in [0.15, 0.2) is 0 Å². The van der Waals surface area contributed by atoms with Crippen molar-refractivity contribution in [2.24, 2.45) is 5.92 Å². The van der Waals surface area contributed by atoms with E-state index in [4.69, 9.17) is 5.73 Å². The Labute approximate surface area is 271 Å². The number of carbonyl (C=O) groups excluding carboxylic acids is 2. The molecule has 1 aliphatic rings. The van der Waals surface area contributed by atoms with E-state index in [0.29, 0.717) is 24.6 Å². The van der Waals surface area contributed by atoms with Crippen molar-refractivity contribution in [1.82, 2.24) is 28.4 Å². The molecule has 3 N–H and O–H groups in total. The molecule has 2 amide bonds. The van der Waals surface area contributed by atoms with Crippen LogP contribution in [0.3, 0.4) is 0 Å². The standard InChI is InChI=1S/C35H38N8O4/c1-21(2)33(45)40-16-12-24(13-17-40)28-19-26(30-31(36)38-15-18-41(28)30)23-8-10-25(11-9-23)39-32(44)27-20-42(22(3)4)35(47)43(34(27)46)29-7-5-6-14-37-29/h5-11,14-15,18-22,24H,12-13,16-17H2,1-4H3,(H2,36,38)(H,39,44). The fourth-order valence-electron chi connectivity index (χ4n) is 6.22. The first-order valence-corrected chi connectivity index (χ1v) is 15.8. The lowest BCUT2D eigenvalue weighted by Crippen LogP contribution is -2.43. The summed E-state index contributed by atoms with van der Waals surface area (Å²) in [5, 5.41) is 2.81. The second kappa shape index (κ2) is 12.7. The summed E-state index contributed by atoms with van der Waals surface area (Å²) in [6.07, 6.45) is 8.09. The maximum atomic E-state index is 13.4. The average Bonchev–Trinajstić information content (AvgIpc) is 3.46. The van der Waals surface area contributed by atoms with E-state index in [0.717, 1.165) is 39.7 Å². The summed E-state index contributed by atoms with van der Waals surface area (Å²) in [5.41, 5.74) is 9.06. The zero-order valence-corrected chi connectivity index (χ0v) is 26.9. The third kappa shape index (κ3) is 5.94. The molecule has 0 unspecified atom stereocenters. The van der Waals surface area contributed by atoms with E-state index in [1.54, 1.807) is 50.4 Å². The highest BCUT2D eigenvalue weighted by Crippen LogP contribution is 2.37. The summed E-state index contributed by atoms with van der Waals surface area (Å²) in [4.78, 5) is 63.0. The van der Waals surface area contributed by atoms with Gasteiger partial charge in [0.25, 0.3) is 11.5 Å². The van der Waals surface area contributed by atoms with E-state index in [9.17, 15) is 19.2 Å². The first kappa shape index (κ1) is 31.5. The average molecular weight is 635 g/mol. The molecule has 12 heteroatoms. The van der Waals surface area contributed by atoms with Gasteiger partial charge < -0.3 is 20.4 Å². The number of pyridine rings is 1. The van der Waals surface area contributed by atoms with Gasteiger partial charge in [-0.2, -0.15) is 0 Å². The molecule has 0 aliphatic carbocycles. The Kier molecular flexibility index (Phi) is 8.50. The van der Waals surface area contributed by atoms with Crippen LogP contribution in [0.4, 0.5) is 11.5 Å². The fourth-order valence-corrected chi connectivity index (χ4v) is 6.22. The number of aromatic nitrogens is 5. The van der Waals surface area contributed by atoms with Crippen LogP contribution < -0.4 is 22.3 Å². The van der Waals surface area contributed by atoms with Gasteiger partial charge >= 0.3 is 5.69 Å². The van der Waals surface area contributed by atoms with Crippen molar-refractivity contribution in [3.63, 3.8) is 0 Å². The molecule has 1 saturated heterocycles. The number of carbonyl (C=O) groups is 2. The molecule has 0 bridgehead atoms. The summed E-state index contributed by atoms with van der Waals surface area (Å²) < 4.78 is 4.35. The number of fused-ring (bicyclic) bond motifs is 1. The molecule has 6 rings (SSSR count). The molecule has 12 nitrogen and oxygen atoms in total. The van der Waals surface area contributed by atoms with E-state index in [1.165, 1.54) is 17.0 Å². The quantitative estimate of drug-likeness (QED) is 0.268. The second-order valence-electron chi connectivity index (χ2n) is 12.5. The SMILES string of the molecule is CC(C)C(=O)N1CCC(c2cc(-c3ccc(NC(=O)c4cn(C(C)C)c(=O)n(-c5ccccn5)c4=O)cc3)c3c(N)nccn23)CC1. The minimum Gasteiger partial charge on any atom is -0.382 e. The molecule has 5 aromatic rings. The number of nitrogens with zero attached hydrogens (tertiary/aromatic N) is 6. The summed E-state index contributed by atoms with van der Waals surface area (Å²) in [6.45, 7) is 8.87. The Morgan fingerprint density at radius 3 is 2.32 bits per heavy atom. The summed E-state index contributed by atoms with van der Waals surface area (Å²) >= 11 is 0. The molecule has 0 radical (unpaired) electrons. The molecule has 4 aromatic heterocycles. The van der Waals surface area contributed by atoms with Crippen LogP contribution in [0.2, 0.25) is 0 Å². The topological polar surface area (TPSA) is 150 Å². The molecule has 5 heterocycles. The number of rotatable bonds is 7. The lowest BCUT2D eigenvalue weighted by Gasteiger charge is -2.33. The van der Waals surface area contributed by atoms with Gasteiger partial charge in [0.2, 0.25) is 5.91 Å². The normalized spacial score (nSPS) is 13.9. The zero-order chi connectivity index (χ0) is 33.4. The van der Waals surface area contributed by atoms with Crippen molar-refractivity contribution in [1.29, 1.82) is 0 Å². The molecule has 0 atom stereocenters. The monoisotopic (exact) mass is 634 g/mol. The van der Waals surface area contributed by atoms with Gasteiger partial charge in [-0.15, -0.1) is 0 Å². The van der Waals surface area contributed by atoms with Crippen molar-refractivity contribution in [3.8, 4) is 16.9 Å². The third-order valence-electron chi connectivity index (χ3n) is 8.70. The minimum atomic E-state index is -0.755. The molecule has 1 aliphatic heterocycles. The van der Waals surface area contributed by atoms with Gasteiger partial charge in [0.05, 0.1) is 5.52 Å². The van der Waals surface area contributed by atoms with Gasteiger partial charge in [-0.1, -0.05) is 32.0 Å². The Bertz CT molecular complexity index is 2070. The van der Waals surface area contributed by atoms with Crippen LogP contribution in [0.15, 0.2) is 82.9 Å². The van der Waals surface area contributed by atoms with Crippen molar-refractivity contribution < 1.29 is 9.59 Å². The Balaban J connectivity index is 1.28. The number of amides is 2. The maximum Gasteiger partial charge on any atom is 0.337 e. The van der Waals surface area contributed by atoms with Gasteiger partial charge in [-0.05, 0) is 62.6 Å². The lowest BCUT2D eigenvalue weighted by molar-refractivity contribution is -0.135. The predicted molar refractivity (Wildman–Crippen MR) is 181 cm³/mol. The Morgan fingerprint density at radius 2 is 1.68 bits per heavy atom. The first-order chi connectivity index (χ1) is 22.5. The molecule has 0 spiro atoms. The van der Waals surface area contributed by atoms with Gasteiger partial charge in [0.1, 0.15) is 17.2 Å². The summed E-state index contributed by atoms with van der Waals surface area (Å²) in [5.74, 6) is 0.309. The van der Waals surface area contributed by atoms with E-state index < -0.39 is 17.2 Å². The molecule has 1 fully saturated rings. The van der Waals surface area contributed by atoms with Crippen molar-refractivity contribution in [2.45, 2.75) is 52.5 Å². The van der Waals surface area contributed by atoms with Crippen LogP contribution in [0, 0.1) is 5.92 Å². The second-order valence-corrected chi connectivity index (χ2v) is 12.5. The molecule has 0 saturated carbocycles. The van der Waals surface area contributed by atoms with Crippen LogP contribution in [0.25, 0.3) is 22.5 Å². The van der Waals surface area contributed by atoms with Crippen molar-refractivity contribution >= 4 is 28.8 Å². The number of benzene rings is 1. The first-order valence-electron chi connectivity index (χ1n) is 15.8. The molecular weight excluding hydrogens is 596 g/mol. The number of likely N-dealkylation sites (tertiary alicyclic amines) is 1. The molecule has 1 aromatic carbocycles. The maximum absolute atomic E-state index is 13.4. The number of hydrogen-bond acceptors (Lipinski definition) is 7. The highest BCUT2D eigenvalue weighted by molar-refractivity contribution is 6.04. The van der Waals surface area contributed by atoms with E-state index in [2.05, 4.69) is 25.8 Å². The van der Waals surface area contributed by atoms with Crippen LogP contribution >= 0.6 is 0 Å². The van der Waals surface area contributed by atoms with E-state index in [1.807, 2.05) is 37.1 Å². The number of hydrogen-bond donors (Lipinski definition) is 2. The lowest BCUT2D eigenvalue weighted by atomic mass is 9.92. The Morgan fingerprint density at radius 1 is 0.957 bits per heavy atom. The van der Waals surface area contributed by atoms with Gasteiger partial charge in [0, 0.05) is 72.7 Å². The number of nitrogens with two attached hydrogens (primary N) is 1. The zero-order valence-electron chi connectivity index (χ0n) is 26.9. The third-order valence-corrected chi connectivity index (χ3v) is 8.70. The van der Waals surface area contributed by atoms with Crippen molar-refractivity contribution in [3.05, 3.63) is 105 Å². The van der Waals surface area contributed by atoms with Crippen LogP contribution in [0.5, 0.6) is 0 Å². The molecular formula is C35H38N8O4. The summed E-state index contributed by atoms with van der Waals surface area (Å²) in [7, 11) is 0. The smallest absolute Gasteiger partial charge is 0.337 e.